The molecule has 2 aromatic heterocycles. The van der Waals surface area contributed by atoms with Gasteiger partial charge in [0.25, 0.3) is 0 Å². The molecule has 1 aliphatic rings. The summed E-state index contributed by atoms with van der Waals surface area (Å²) in [6, 6.07) is 11.0. The molecular weight excluding hydrogens is 436 g/mol. The molecule has 1 fully saturated rings. The molecule has 33 heavy (non-hydrogen) atoms. The Morgan fingerprint density at radius 2 is 1.76 bits per heavy atom. The number of nitrogens with zero attached hydrogens (tertiary/aromatic N) is 4. The summed E-state index contributed by atoms with van der Waals surface area (Å²) < 4.78 is 1.97. The second-order valence-corrected chi connectivity index (χ2v) is 8.97. The monoisotopic (exact) mass is 464 g/mol. The zero-order valence-electron chi connectivity index (χ0n) is 18.7. The number of carbonyl (C=O) groups is 2. The minimum absolute atomic E-state index is 0.0913. The quantitative estimate of drug-likeness (QED) is 0.472. The summed E-state index contributed by atoms with van der Waals surface area (Å²) in [5.41, 5.74) is 2.32. The Kier molecular flexibility index (Phi) is 7.72. The molecule has 0 atom stereocenters. The van der Waals surface area contributed by atoms with Crippen LogP contribution in [0.25, 0.3) is 11.4 Å². The van der Waals surface area contributed by atoms with Crippen LogP contribution in [0.2, 0.25) is 0 Å². The van der Waals surface area contributed by atoms with Gasteiger partial charge >= 0.3 is 0 Å². The van der Waals surface area contributed by atoms with Crippen molar-refractivity contribution in [2.45, 2.75) is 50.7 Å². The van der Waals surface area contributed by atoms with E-state index < -0.39 is 0 Å². The summed E-state index contributed by atoms with van der Waals surface area (Å²) in [4.78, 5) is 29.0. The van der Waals surface area contributed by atoms with Crippen molar-refractivity contribution in [1.82, 2.24) is 19.7 Å². The highest BCUT2D eigenvalue weighted by molar-refractivity contribution is 7.99. The highest BCUT2D eigenvalue weighted by atomic mass is 32.2. The highest BCUT2D eigenvalue weighted by Crippen LogP contribution is 2.26. The van der Waals surface area contributed by atoms with Gasteiger partial charge in [0, 0.05) is 41.8 Å². The van der Waals surface area contributed by atoms with E-state index in [9.17, 15) is 9.59 Å². The number of anilines is 2. The van der Waals surface area contributed by atoms with Gasteiger partial charge in [-0.05, 0) is 56.2 Å². The molecule has 2 N–H and O–H groups in total. The van der Waals surface area contributed by atoms with Crippen LogP contribution in [0.3, 0.4) is 0 Å². The molecule has 9 heteroatoms. The van der Waals surface area contributed by atoms with Crippen molar-refractivity contribution in [3.8, 4) is 11.4 Å². The van der Waals surface area contributed by atoms with Crippen LogP contribution in [-0.2, 0) is 16.1 Å². The van der Waals surface area contributed by atoms with Crippen LogP contribution in [0.4, 0.5) is 11.4 Å². The standard InChI is InChI=1S/C24H28N6O2S/c1-2-30-22(18-9-6-14-25-15-18)28-29-24(30)33-16-21(31)26-19-10-12-20(13-11-19)27-23(32)17-7-4-3-5-8-17/h6,9-15,17H,2-5,7-8,16H2,1H3,(H,26,31)(H,27,32). The normalized spacial score (nSPS) is 14.1. The second kappa shape index (κ2) is 11.1. The van der Waals surface area contributed by atoms with Gasteiger partial charge in [-0.1, -0.05) is 31.0 Å². The maximum absolute atomic E-state index is 12.5. The molecule has 3 aromatic rings. The molecule has 4 rings (SSSR count). The molecule has 0 unspecified atom stereocenters. The van der Waals surface area contributed by atoms with Crippen molar-refractivity contribution in [3.05, 3.63) is 48.8 Å². The lowest BCUT2D eigenvalue weighted by molar-refractivity contribution is -0.120. The molecule has 0 saturated heterocycles. The number of hydrogen-bond acceptors (Lipinski definition) is 6. The van der Waals surface area contributed by atoms with Gasteiger partial charge in [-0.3, -0.25) is 14.6 Å². The summed E-state index contributed by atoms with van der Waals surface area (Å²) in [6.07, 6.45) is 8.87. The molecule has 0 radical (unpaired) electrons. The first kappa shape index (κ1) is 23.0. The Morgan fingerprint density at radius 3 is 2.42 bits per heavy atom. The Morgan fingerprint density at radius 1 is 1.03 bits per heavy atom. The van der Waals surface area contributed by atoms with Crippen molar-refractivity contribution in [2.24, 2.45) is 5.92 Å². The number of amides is 2. The predicted octanol–water partition coefficient (Wildman–Crippen LogP) is 4.61. The van der Waals surface area contributed by atoms with E-state index in [4.69, 9.17) is 0 Å². The van der Waals surface area contributed by atoms with Gasteiger partial charge in [0.1, 0.15) is 0 Å². The first-order valence-corrected chi connectivity index (χ1v) is 12.3. The molecule has 172 valence electrons. The lowest BCUT2D eigenvalue weighted by Gasteiger charge is -2.20. The van der Waals surface area contributed by atoms with E-state index in [2.05, 4.69) is 25.8 Å². The van der Waals surface area contributed by atoms with Crippen molar-refractivity contribution in [3.63, 3.8) is 0 Å². The Bertz CT molecular complexity index is 1080. The average Bonchev–Trinajstić information content (AvgIpc) is 3.28. The van der Waals surface area contributed by atoms with Gasteiger partial charge in [0.2, 0.25) is 11.8 Å². The average molecular weight is 465 g/mol. The summed E-state index contributed by atoms with van der Waals surface area (Å²) in [5, 5.41) is 15.1. The first-order chi connectivity index (χ1) is 16.1. The summed E-state index contributed by atoms with van der Waals surface area (Å²) in [5.74, 6) is 1.02. The number of thioether (sulfide) groups is 1. The maximum atomic E-state index is 12.5. The van der Waals surface area contributed by atoms with Crippen LogP contribution >= 0.6 is 11.8 Å². The van der Waals surface area contributed by atoms with Crippen LogP contribution in [-0.4, -0.2) is 37.3 Å². The van der Waals surface area contributed by atoms with Crippen molar-refractivity contribution < 1.29 is 9.59 Å². The topological polar surface area (TPSA) is 102 Å². The fourth-order valence-electron chi connectivity index (χ4n) is 3.96. The van der Waals surface area contributed by atoms with Crippen molar-refractivity contribution >= 4 is 35.0 Å². The van der Waals surface area contributed by atoms with Gasteiger partial charge in [-0.15, -0.1) is 10.2 Å². The molecule has 1 saturated carbocycles. The van der Waals surface area contributed by atoms with E-state index in [-0.39, 0.29) is 23.5 Å². The van der Waals surface area contributed by atoms with Gasteiger partial charge in [0.05, 0.1) is 5.75 Å². The van der Waals surface area contributed by atoms with Crippen LogP contribution < -0.4 is 10.6 Å². The van der Waals surface area contributed by atoms with E-state index >= 15 is 0 Å². The van der Waals surface area contributed by atoms with Gasteiger partial charge in [0.15, 0.2) is 11.0 Å². The summed E-state index contributed by atoms with van der Waals surface area (Å²) in [6.45, 7) is 2.71. The van der Waals surface area contributed by atoms with Crippen LogP contribution in [0.1, 0.15) is 39.0 Å². The molecule has 1 aromatic carbocycles. The summed E-state index contributed by atoms with van der Waals surface area (Å²) in [7, 11) is 0. The maximum Gasteiger partial charge on any atom is 0.234 e. The summed E-state index contributed by atoms with van der Waals surface area (Å²) >= 11 is 1.34. The van der Waals surface area contributed by atoms with E-state index in [0.29, 0.717) is 17.4 Å². The van der Waals surface area contributed by atoms with Crippen LogP contribution in [0.5, 0.6) is 0 Å². The Labute approximate surface area is 197 Å². The Balaban J connectivity index is 1.29. The first-order valence-electron chi connectivity index (χ1n) is 11.3. The molecular formula is C24H28N6O2S. The van der Waals surface area contributed by atoms with E-state index in [1.165, 1.54) is 18.2 Å². The third kappa shape index (κ3) is 5.98. The number of carbonyl (C=O) groups excluding carboxylic acids is 2. The highest BCUT2D eigenvalue weighted by Gasteiger charge is 2.21. The fourth-order valence-corrected chi connectivity index (χ4v) is 4.76. The minimum atomic E-state index is -0.132. The molecule has 0 spiro atoms. The molecule has 0 aliphatic heterocycles. The fraction of sp³-hybridized carbons (Fsp3) is 0.375. The number of benzene rings is 1. The van der Waals surface area contributed by atoms with E-state index in [1.807, 2.05) is 35.8 Å². The van der Waals surface area contributed by atoms with Crippen molar-refractivity contribution in [2.75, 3.05) is 16.4 Å². The SMILES string of the molecule is CCn1c(SCC(=O)Nc2ccc(NC(=O)C3CCCCC3)cc2)nnc1-c1cccnc1. The number of aromatic nitrogens is 4. The number of rotatable bonds is 8. The van der Waals surface area contributed by atoms with Gasteiger partial charge < -0.3 is 15.2 Å². The number of hydrogen-bond donors (Lipinski definition) is 2. The number of pyridine rings is 1. The third-order valence-electron chi connectivity index (χ3n) is 5.70. The second-order valence-electron chi connectivity index (χ2n) is 8.03. The lowest BCUT2D eigenvalue weighted by Crippen LogP contribution is -2.24. The molecule has 1 aliphatic carbocycles. The largest absolute Gasteiger partial charge is 0.326 e. The van der Waals surface area contributed by atoms with E-state index in [1.54, 1.807) is 24.5 Å². The third-order valence-corrected chi connectivity index (χ3v) is 6.66. The molecule has 2 heterocycles. The number of nitrogens with one attached hydrogen (secondary N) is 2. The van der Waals surface area contributed by atoms with Crippen molar-refractivity contribution in [1.29, 1.82) is 0 Å². The molecule has 2 amide bonds. The van der Waals surface area contributed by atoms with E-state index in [0.717, 1.165) is 42.8 Å². The smallest absolute Gasteiger partial charge is 0.234 e. The van der Waals surface area contributed by atoms with Crippen LogP contribution in [0, 0.1) is 5.92 Å². The predicted molar refractivity (Wildman–Crippen MR) is 130 cm³/mol. The zero-order chi connectivity index (χ0) is 23.0. The molecule has 8 nitrogen and oxygen atoms in total. The zero-order valence-corrected chi connectivity index (χ0v) is 19.5. The van der Waals surface area contributed by atoms with Gasteiger partial charge in [-0.25, -0.2) is 0 Å². The Hall–Kier alpha value is -3.20. The lowest BCUT2D eigenvalue weighted by atomic mass is 9.88. The minimum Gasteiger partial charge on any atom is -0.326 e. The van der Waals surface area contributed by atoms with Gasteiger partial charge in [-0.2, -0.15) is 0 Å². The molecule has 0 bridgehead atoms. The van der Waals surface area contributed by atoms with Crippen LogP contribution in [0.15, 0.2) is 53.9 Å².